The fourth-order valence-corrected chi connectivity index (χ4v) is 9.07. The fraction of sp³-hybridized carbons (Fsp3) is 0.143. The third kappa shape index (κ3) is 5.72. The number of nitrogens with two attached hydrogens (primary N) is 1. The number of nitro benzene ring substituents is 1. The van der Waals surface area contributed by atoms with E-state index in [2.05, 4.69) is 21.2 Å². The molecule has 230 valence electrons. The van der Waals surface area contributed by atoms with Gasteiger partial charge in [0.25, 0.3) is 5.69 Å². The number of benzene rings is 3. The van der Waals surface area contributed by atoms with Crippen LogP contribution in [0.1, 0.15) is 16.4 Å². The monoisotopic (exact) mass is 729 g/mol. The first-order chi connectivity index (χ1) is 21.3. The number of nitro groups is 1. The van der Waals surface area contributed by atoms with Gasteiger partial charge in [0.05, 0.1) is 26.5 Å². The number of halogens is 1. The van der Waals surface area contributed by atoms with Crippen LogP contribution in [0.15, 0.2) is 92.0 Å². The Morgan fingerprint density at radius 1 is 1.02 bits per heavy atom. The highest BCUT2D eigenvalue weighted by molar-refractivity contribution is 9.10. The third-order valence-corrected chi connectivity index (χ3v) is 11.4. The molecule has 1 saturated heterocycles. The molecule has 6 rings (SSSR count). The Kier molecular flexibility index (Phi) is 7.98. The predicted molar refractivity (Wildman–Crippen MR) is 170 cm³/mol. The maximum atomic E-state index is 14.0. The Morgan fingerprint density at radius 2 is 1.71 bits per heavy atom. The normalized spacial score (nSPS) is 19.2. The van der Waals surface area contributed by atoms with Crippen LogP contribution in [0.3, 0.4) is 0 Å². The van der Waals surface area contributed by atoms with Crippen molar-refractivity contribution in [3.05, 3.63) is 107 Å². The number of rotatable bonds is 7. The molecule has 4 aromatic rings. The zero-order chi connectivity index (χ0) is 32.2. The van der Waals surface area contributed by atoms with E-state index in [9.17, 15) is 37.7 Å². The van der Waals surface area contributed by atoms with Gasteiger partial charge in [0.1, 0.15) is 11.8 Å². The number of amides is 3. The number of carbonyl (C=O) groups excluding carboxylic acids is 3. The second kappa shape index (κ2) is 11.6. The summed E-state index contributed by atoms with van der Waals surface area (Å²) in [6.07, 6.45) is 0. The van der Waals surface area contributed by atoms with Crippen molar-refractivity contribution in [2.24, 2.45) is 11.1 Å². The zero-order valence-corrected chi connectivity index (χ0v) is 26.7. The van der Waals surface area contributed by atoms with E-state index in [0.717, 1.165) is 32.5 Å². The number of hydrogen-bond donors (Lipinski definition) is 2. The van der Waals surface area contributed by atoms with Crippen LogP contribution in [0.25, 0.3) is 0 Å². The minimum absolute atomic E-state index is 0.133. The topological polar surface area (TPSA) is 192 Å². The van der Waals surface area contributed by atoms with Crippen LogP contribution in [0.5, 0.6) is 0 Å². The minimum Gasteiger partial charge on any atom is -0.325 e. The lowest BCUT2D eigenvalue weighted by molar-refractivity contribution is -0.384. The van der Waals surface area contributed by atoms with Gasteiger partial charge in [-0.1, -0.05) is 51.2 Å². The Hall–Kier alpha value is -4.16. The highest BCUT2D eigenvalue weighted by Gasteiger charge is 2.56. The van der Waals surface area contributed by atoms with E-state index >= 15 is 0 Å². The Labute approximate surface area is 271 Å². The van der Waals surface area contributed by atoms with E-state index in [4.69, 9.17) is 5.14 Å². The molecule has 17 heteroatoms. The van der Waals surface area contributed by atoms with Crippen molar-refractivity contribution < 1.29 is 27.7 Å². The highest BCUT2D eigenvalue weighted by atomic mass is 79.9. The SMILES string of the molecule is NS(=O)(=O)c1ccc(NC(=O)Cn2c3c(sc2=O)C(c2cccc(Br)c2)C2C(=O)N(c4ccc([N+](=O)[O-])cc4)C(=O)C2S3)cc1. The quantitative estimate of drug-likeness (QED) is 0.162. The number of thioether (sulfide) groups is 1. The summed E-state index contributed by atoms with van der Waals surface area (Å²) < 4.78 is 25.1. The van der Waals surface area contributed by atoms with Crippen LogP contribution in [-0.4, -0.2) is 40.9 Å². The molecular formula is C28H20BrN5O8S3. The molecule has 1 aromatic heterocycles. The van der Waals surface area contributed by atoms with Gasteiger partial charge in [0.15, 0.2) is 0 Å². The second-order valence-electron chi connectivity index (χ2n) is 10.1. The van der Waals surface area contributed by atoms with E-state index in [1.165, 1.54) is 53.1 Å². The van der Waals surface area contributed by atoms with Gasteiger partial charge in [0.2, 0.25) is 27.7 Å². The van der Waals surface area contributed by atoms with Crippen molar-refractivity contribution in [2.45, 2.75) is 27.6 Å². The number of nitrogens with one attached hydrogen (secondary N) is 1. The average Bonchev–Trinajstić information content (AvgIpc) is 3.43. The van der Waals surface area contributed by atoms with Gasteiger partial charge < -0.3 is 5.32 Å². The molecule has 0 spiro atoms. The molecule has 0 radical (unpaired) electrons. The van der Waals surface area contributed by atoms with Crippen molar-refractivity contribution >= 4 is 83.8 Å². The van der Waals surface area contributed by atoms with Gasteiger partial charge >= 0.3 is 4.87 Å². The average molecular weight is 731 g/mol. The number of sulfonamides is 1. The largest absolute Gasteiger partial charge is 0.325 e. The Balaban J connectivity index is 1.36. The molecule has 0 aliphatic carbocycles. The molecule has 2 aliphatic rings. The van der Waals surface area contributed by atoms with E-state index in [0.29, 0.717) is 15.5 Å². The zero-order valence-electron chi connectivity index (χ0n) is 22.7. The number of non-ortho nitro benzene ring substituents is 1. The Morgan fingerprint density at radius 3 is 2.33 bits per heavy atom. The molecule has 13 nitrogen and oxygen atoms in total. The first-order valence-electron chi connectivity index (χ1n) is 13.0. The summed E-state index contributed by atoms with van der Waals surface area (Å²) in [5.41, 5.74) is 0.952. The van der Waals surface area contributed by atoms with Gasteiger partial charge in [-0.2, -0.15) is 0 Å². The number of fused-ring (bicyclic) bond motifs is 2. The van der Waals surface area contributed by atoms with E-state index in [1.807, 2.05) is 0 Å². The van der Waals surface area contributed by atoms with Crippen LogP contribution in [0.4, 0.5) is 17.1 Å². The van der Waals surface area contributed by atoms with Crippen LogP contribution >= 0.6 is 39.0 Å². The first-order valence-corrected chi connectivity index (χ1v) is 17.1. The molecule has 45 heavy (non-hydrogen) atoms. The summed E-state index contributed by atoms with van der Waals surface area (Å²) in [6, 6.07) is 17.5. The minimum atomic E-state index is -3.92. The standard InChI is InChI=1S/C28H20BrN5O8S3/c29-15-3-1-2-14(12-15)21-22-23(26(37)33(25(22)36)17-6-8-18(9-7-17)34(39)40)43-27-24(21)44-28(38)32(27)13-20(35)31-16-4-10-19(11-5-16)45(30,41)42/h1-12,21-23H,13H2,(H,31,35)(H2,30,41,42). The number of aromatic nitrogens is 1. The van der Waals surface area contributed by atoms with E-state index in [-0.39, 0.29) is 22.0 Å². The van der Waals surface area contributed by atoms with Gasteiger partial charge in [-0.15, -0.1) is 0 Å². The van der Waals surface area contributed by atoms with Crippen molar-refractivity contribution in [2.75, 3.05) is 10.2 Å². The fourth-order valence-electron chi connectivity index (χ4n) is 5.36. The second-order valence-corrected chi connectivity index (χ2v) is 14.7. The molecule has 0 bridgehead atoms. The van der Waals surface area contributed by atoms with Crippen molar-refractivity contribution in [1.29, 1.82) is 0 Å². The molecule has 3 aromatic carbocycles. The predicted octanol–water partition coefficient (Wildman–Crippen LogP) is 3.66. The third-order valence-electron chi connectivity index (χ3n) is 7.34. The van der Waals surface area contributed by atoms with Gasteiger partial charge in [-0.3, -0.25) is 33.9 Å². The van der Waals surface area contributed by atoms with Crippen molar-refractivity contribution in [1.82, 2.24) is 4.57 Å². The molecule has 1 fully saturated rings. The summed E-state index contributed by atoms with van der Waals surface area (Å²) >= 11 is 5.37. The van der Waals surface area contributed by atoms with Gasteiger partial charge in [-0.25, -0.2) is 18.5 Å². The smallest absolute Gasteiger partial charge is 0.308 e. The molecule has 3 unspecified atom stereocenters. The van der Waals surface area contributed by atoms with E-state index in [1.54, 1.807) is 24.3 Å². The summed E-state index contributed by atoms with van der Waals surface area (Å²) in [5, 5.41) is 18.3. The lowest BCUT2D eigenvalue weighted by atomic mass is 9.83. The van der Waals surface area contributed by atoms with Crippen LogP contribution < -0.4 is 20.2 Å². The summed E-state index contributed by atoms with van der Waals surface area (Å²) in [5.74, 6) is -3.22. The Bertz CT molecular complexity index is 2060. The molecule has 2 aliphatic heterocycles. The highest BCUT2D eigenvalue weighted by Crippen LogP contribution is 2.54. The number of imide groups is 1. The molecule has 3 atom stereocenters. The van der Waals surface area contributed by atoms with Crippen molar-refractivity contribution in [3.8, 4) is 0 Å². The van der Waals surface area contributed by atoms with Crippen LogP contribution in [-0.2, 0) is 31.0 Å². The number of primary sulfonamides is 1. The van der Waals surface area contributed by atoms with Crippen LogP contribution in [0, 0.1) is 16.0 Å². The van der Waals surface area contributed by atoms with Gasteiger partial charge in [0, 0.05) is 33.1 Å². The number of thiazole rings is 1. The molecule has 3 heterocycles. The molecule has 3 amide bonds. The van der Waals surface area contributed by atoms with Crippen molar-refractivity contribution in [3.63, 3.8) is 0 Å². The lowest BCUT2D eigenvalue weighted by Gasteiger charge is -2.30. The summed E-state index contributed by atoms with van der Waals surface area (Å²) in [7, 11) is -3.92. The molecular weight excluding hydrogens is 710 g/mol. The van der Waals surface area contributed by atoms with Gasteiger partial charge in [-0.05, 0) is 54.1 Å². The molecule has 0 saturated carbocycles. The number of anilines is 2. The first kappa shape index (κ1) is 30.8. The maximum absolute atomic E-state index is 14.0. The maximum Gasteiger partial charge on any atom is 0.308 e. The molecule has 3 N–H and O–H groups in total. The number of nitrogens with zero attached hydrogens (tertiary/aromatic N) is 3. The summed E-state index contributed by atoms with van der Waals surface area (Å²) in [6.45, 7) is -0.411. The lowest BCUT2D eigenvalue weighted by Crippen LogP contribution is -2.33. The summed E-state index contributed by atoms with van der Waals surface area (Å²) in [4.78, 5) is 65.7. The number of carbonyl (C=O) groups is 3. The van der Waals surface area contributed by atoms with E-state index < -0.39 is 61.2 Å². The van der Waals surface area contributed by atoms with Crippen LogP contribution in [0.2, 0.25) is 0 Å². The number of hydrogen-bond acceptors (Lipinski definition) is 10.